The van der Waals surface area contributed by atoms with Gasteiger partial charge in [-0.15, -0.1) is 0 Å². The summed E-state index contributed by atoms with van der Waals surface area (Å²) in [5.74, 6) is -4.94. The highest BCUT2D eigenvalue weighted by Crippen LogP contribution is 2.34. The highest BCUT2D eigenvalue weighted by atomic mass is 19.1. The fraction of sp³-hybridized carbons (Fsp3) is 0.200. The summed E-state index contributed by atoms with van der Waals surface area (Å²) in [6, 6.07) is 1.51. The van der Waals surface area contributed by atoms with Gasteiger partial charge in [-0.2, -0.15) is 0 Å². The minimum absolute atomic E-state index is 0.110. The van der Waals surface area contributed by atoms with Gasteiger partial charge in [0, 0.05) is 18.1 Å². The van der Waals surface area contributed by atoms with Gasteiger partial charge >= 0.3 is 5.97 Å². The van der Waals surface area contributed by atoms with E-state index in [2.05, 4.69) is 5.32 Å². The normalized spacial score (nSPS) is 18.9. The van der Waals surface area contributed by atoms with E-state index in [1.165, 1.54) is 0 Å². The lowest BCUT2D eigenvalue weighted by atomic mass is 9.90. The Morgan fingerprint density at radius 2 is 2.12 bits per heavy atom. The van der Waals surface area contributed by atoms with Crippen molar-refractivity contribution < 1.29 is 23.5 Å². The molecule has 1 aromatic rings. The van der Waals surface area contributed by atoms with Crippen molar-refractivity contribution >= 4 is 17.6 Å². The second kappa shape index (κ2) is 3.55. The molecule has 6 heteroatoms. The highest BCUT2D eigenvalue weighted by molar-refractivity contribution is 5.99. The van der Waals surface area contributed by atoms with E-state index >= 15 is 0 Å². The van der Waals surface area contributed by atoms with Crippen molar-refractivity contribution in [2.75, 3.05) is 5.32 Å². The Labute approximate surface area is 88.9 Å². The van der Waals surface area contributed by atoms with Gasteiger partial charge in [0.05, 0.1) is 11.6 Å². The first-order chi connectivity index (χ1) is 7.49. The molecule has 1 atom stereocenters. The molecule has 0 saturated carbocycles. The molecular weight excluding hydrogens is 220 g/mol. The van der Waals surface area contributed by atoms with Gasteiger partial charge in [0.25, 0.3) is 0 Å². The molecule has 1 aliphatic heterocycles. The van der Waals surface area contributed by atoms with E-state index in [0.717, 1.165) is 6.07 Å². The van der Waals surface area contributed by atoms with Gasteiger partial charge in [-0.05, 0) is 6.07 Å². The van der Waals surface area contributed by atoms with Crippen LogP contribution in [-0.2, 0) is 9.59 Å². The number of carbonyl (C=O) groups is 2. The maximum atomic E-state index is 13.4. The highest BCUT2D eigenvalue weighted by Gasteiger charge is 2.33. The third kappa shape index (κ3) is 1.62. The number of hydrogen-bond donors (Lipinski definition) is 2. The Morgan fingerprint density at radius 1 is 1.44 bits per heavy atom. The number of benzene rings is 1. The standard InChI is InChI=1S/C10H7F2NO3/c11-4-1-6(12)9-5(10(15)16)3-8(14)13-7(9)2-4/h1-2,5H,3H2,(H,13,14)(H,15,16). The molecule has 1 aromatic carbocycles. The van der Waals surface area contributed by atoms with Crippen molar-refractivity contribution in [3.8, 4) is 0 Å². The largest absolute Gasteiger partial charge is 0.481 e. The maximum absolute atomic E-state index is 13.4. The molecule has 2 N–H and O–H groups in total. The second-order valence-corrected chi connectivity index (χ2v) is 3.49. The zero-order valence-electron chi connectivity index (χ0n) is 7.96. The molecule has 1 aliphatic rings. The summed E-state index contributed by atoms with van der Waals surface area (Å²) in [5.41, 5.74) is -0.283. The number of amides is 1. The summed E-state index contributed by atoms with van der Waals surface area (Å²) in [7, 11) is 0. The monoisotopic (exact) mass is 227 g/mol. The van der Waals surface area contributed by atoms with Crippen molar-refractivity contribution in [1.82, 2.24) is 0 Å². The summed E-state index contributed by atoms with van der Waals surface area (Å²) in [4.78, 5) is 22.0. The van der Waals surface area contributed by atoms with E-state index in [0.29, 0.717) is 6.07 Å². The molecule has 0 aliphatic carbocycles. The lowest BCUT2D eigenvalue weighted by Crippen LogP contribution is -2.28. The van der Waals surface area contributed by atoms with Gasteiger partial charge in [0.2, 0.25) is 5.91 Å². The average Bonchev–Trinajstić information content (AvgIpc) is 2.14. The Bertz CT molecular complexity index is 487. The van der Waals surface area contributed by atoms with E-state index < -0.39 is 29.4 Å². The van der Waals surface area contributed by atoms with Gasteiger partial charge in [-0.1, -0.05) is 0 Å². The smallest absolute Gasteiger partial charge is 0.311 e. The fourth-order valence-corrected chi connectivity index (χ4v) is 1.74. The molecule has 0 radical (unpaired) electrons. The van der Waals surface area contributed by atoms with Crippen LogP contribution in [0.4, 0.5) is 14.5 Å². The number of carbonyl (C=O) groups excluding carboxylic acids is 1. The predicted octanol–water partition coefficient (Wildman–Crippen LogP) is 1.48. The Balaban J connectivity index is 2.61. The molecule has 0 fully saturated rings. The van der Waals surface area contributed by atoms with E-state index in [9.17, 15) is 18.4 Å². The Hall–Kier alpha value is -1.98. The number of anilines is 1. The number of rotatable bonds is 1. The number of aliphatic carboxylic acids is 1. The average molecular weight is 227 g/mol. The number of carboxylic acids is 1. The first-order valence-corrected chi connectivity index (χ1v) is 4.50. The summed E-state index contributed by atoms with van der Waals surface area (Å²) in [6.07, 6.45) is -0.342. The van der Waals surface area contributed by atoms with Gasteiger partial charge < -0.3 is 10.4 Å². The van der Waals surface area contributed by atoms with E-state index in [4.69, 9.17) is 5.11 Å². The van der Waals surface area contributed by atoms with E-state index in [1.807, 2.05) is 0 Å². The molecule has 1 unspecified atom stereocenters. The molecule has 0 saturated heterocycles. The van der Waals surface area contributed by atoms with E-state index in [1.54, 1.807) is 0 Å². The third-order valence-corrected chi connectivity index (χ3v) is 2.40. The lowest BCUT2D eigenvalue weighted by molar-refractivity contribution is -0.140. The fourth-order valence-electron chi connectivity index (χ4n) is 1.74. The summed E-state index contributed by atoms with van der Waals surface area (Å²) < 4.78 is 26.3. The molecule has 0 aromatic heterocycles. The molecule has 4 nitrogen and oxygen atoms in total. The summed E-state index contributed by atoms with van der Waals surface area (Å²) in [6.45, 7) is 0. The van der Waals surface area contributed by atoms with Crippen LogP contribution < -0.4 is 5.32 Å². The maximum Gasteiger partial charge on any atom is 0.311 e. The molecular formula is C10H7F2NO3. The first kappa shape index (κ1) is 10.5. The van der Waals surface area contributed by atoms with Gasteiger partial charge in [-0.25, -0.2) is 8.78 Å². The minimum Gasteiger partial charge on any atom is -0.481 e. The van der Waals surface area contributed by atoms with Gasteiger partial charge in [0.15, 0.2) is 0 Å². The van der Waals surface area contributed by atoms with Gasteiger partial charge in [0.1, 0.15) is 11.6 Å². The third-order valence-electron chi connectivity index (χ3n) is 2.40. The quantitative estimate of drug-likeness (QED) is 0.763. The first-order valence-electron chi connectivity index (χ1n) is 4.50. The zero-order valence-corrected chi connectivity index (χ0v) is 7.96. The van der Waals surface area contributed by atoms with Crippen LogP contribution in [0.3, 0.4) is 0 Å². The van der Waals surface area contributed by atoms with Crippen LogP contribution in [0, 0.1) is 11.6 Å². The molecule has 2 rings (SSSR count). The van der Waals surface area contributed by atoms with Crippen molar-refractivity contribution in [3.63, 3.8) is 0 Å². The molecule has 84 valence electrons. The van der Waals surface area contributed by atoms with Crippen LogP contribution in [0.1, 0.15) is 17.9 Å². The van der Waals surface area contributed by atoms with Crippen molar-refractivity contribution in [1.29, 1.82) is 0 Å². The van der Waals surface area contributed by atoms with Crippen LogP contribution in [0.25, 0.3) is 0 Å². The van der Waals surface area contributed by atoms with Crippen molar-refractivity contribution in [3.05, 3.63) is 29.3 Å². The molecule has 0 spiro atoms. The minimum atomic E-state index is -1.30. The molecule has 1 amide bonds. The number of halogens is 2. The van der Waals surface area contributed by atoms with Crippen LogP contribution in [0.15, 0.2) is 12.1 Å². The lowest BCUT2D eigenvalue weighted by Gasteiger charge is -2.23. The van der Waals surface area contributed by atoms with Crippen LogP contribution >= 0.6 is 0 Å². The number of carboxylic acid groups (broad SMARTS) is 1. The molecule has 16 heavy (non-hydrogen) atoms. The number of fused-ring (bicyclic) bond motifs is 1. The Kier molecular flexibility index (Phi) is 2.34. The van der Waals surface area contributed by atoms with Crippen LogP contribution in [0.2, 0.25) is 0 Å². The number of hydrogen-bond acceptors (Lipinski definition) is 2. The summed E-state index contributed by atoms with van der Waals surface area (Å²) in [5, 5.41) is 11.1. The second-order valence-electron chi connectivity index (χ2n) is 3.49. The Morgan fingerprint density at radius 3 is 2.75 bits per heavy atom. The molecule has 0 bridgehead atoms. The van der Waals surface area contributed by atoms with Crippen molar-refractivity contribution in [2.24, 2.45) is 0 Å². The number of nitrogens with one attached hydrogen (secondary N) is 1. The molecule has 1 heterocycles. The SMILES string of the molecule is O=C1CC(C(=O)O)c2c(F)cc(F)cc2N1. The van der Waals surface area contributed by atoms with Gasteiger partial charge in [-0.3, -0.25) is 9.59 Å². The topological polar surface area (TPSA) is 66.4 Å². The van der Waals surface area contributed by atoms with Crippen LogP contribution in [0.5, 0.6) is 0 Å². The van der Waals surface area contributed by atoms with Crippen molar-refractivity contribution in [2.45, 2.75) is 12.3 Å². The zero-order chi connectivity index (χ0) is 11.9. The van der Waals surface area contributed by atoms with Crippen LogP contribution in [-0.4, -0.2) is 17.0 Å². The summed E-state index contributed by atoms with van der Waals surface area (Å²) >= 11 is 0. The predicted molar refractivity (Wildman–Crippen MR) is 50.0 cm³/mol. The van der Waals surface area contributed by atoms with E-state index in [-0.39, 0.29) is 17.7 Å².